The SMILES string of the molecule is Cc1ccc2c(c1)c1cc(-c3ccc4c5cc(C)ccc5n(-c5ccccc5)c4c3)ccc1n2-c1ccccc1. The van der Waals surface area contributed by atoms with E-state index in [0.717, 1.165) is 0 Å². The fourth-order valence-corrected chi connectivity index (χ4v) is 6.34. The molecule has 0 spiro atoms. The van der Waals surface area contributed by atoms with Crippen molar-refractivity contribution in [2.75, 3.05) is 0 Å². The van der Waals surface area contributed by atoms with E-state index in [2.05, 4.69) is 156 Å². The molecule has 0 aliphatic carbocycles. The summed E-state index contributed by atoms with van der Waals surface area (Å²) >= 11 is 0. The van der Waals surface area contributed by atoms with Gasteiger partial charge >= 0.3 is 0 Å². The van der Waals surface area contributed by atoms with Gasteiger partial charge in [0.05, 0.1) is 22.1 Å². The van der Waals surface area contributed by atoms with E-state index in [4.69, 9.17) is 0 Å². The van der Waals surface area contributed by atoms with Crippen molar-refractivity contribution in [3.63, 3.8) is 0 Å². The Balaban J connectivity index is 1.39. The second-order valence-corrected chi connectivity index (χ2v) is 10.8. The van der Waals surface area contributed by atoms with Crippen LogP contribution in [0.1, 0.15) is 11.1 Å². The molecule has 0 fully saturated rings. The average Bonchev–Trinajstić information content (AvgIpc) is 3.49. The lowest BCUT2D eigenvalue weighted by molar-refractivity contribution is 1.18. The molecule has 0 bridgehead atoms. The van der Waals surface area contributed by atoms with Crippen LogP contribution in [0.15, 0.2) is 133 Å². The Morgan fingerprint density at radius 3 is 1.40 bits per heavy atom. The van der Waals surface area contributed by atoms with E-state index in [1.165, 1.54) is 77.2 Å². The molecule has 0 saturated carbocycles. The molecule has 0 radical (unpaired) electrons. The number of hydrogen-bond donors (Lipinski definition) is 0. The minimum atomic E-state index is 1.18. The first kappa shape index (κ1) is 22.9. The minimum Gasteiger partial charge on any atom is -0.309 e. The smallest absolute Gasteiger partial charge is 0.0547 e. The van der Waals surface area contributed by atoms with Crippen molar-refractivity contribution in [1.29, 1.82) is 0 Å². The van der Waals surface area contributed by atoms with Gasteiger partial charge in [-0.15, -0.1) is 0 Å². The van der Waals surface area contributed by atoms with Gasteiger partial charge in [0.15, 0.2) is 0 Å². The number of nitrogens with zero attached hydrogens (tertiary/aromatic N) is 2. The minimum absolute atomic E-state index is 1.18. The molecule has 0 aliphatic rings. The summed E-state index contributed by atoms with van der Waals surface area (Å²) in [6.07, 6.45) is 0. The van der Waals surface area contributed by atoms with Crippen molar-refractivity contribution in [2.45, 2.75) is 13.8 Å². The van der Waals surface area contributed by atoms with Crippen LogP contribution in [0.2, 0.25) is 0 Å². The van der Waals surface area contributed by atoms with Crippen molar-refractivity contribution in [2.24, 2.45) is 0 Å². The summed E-state index contributed by atoms with van der Waals surface area (Å²) in [6.45, 7) is 4.34. The zero-order valence-electron chi connectivity index (χ0n) is 22.6. The molecule has 0 N–H and O–H groups in total. The molecule has 190 valence electrons. The normalized spacial score (nSPS) is 11.8. The van der Waals surface area contributed by atoms with Crippen LogP contribution in [-0.4, -0.2) is 9.13 Å². The van der Waals surface area contributed by atoms with Crippen LogP contribution < -0.4 is 0 Å². The molecule has 40 heavy (non-hydrogen) atoms. The number of benzene rings is 6. The van der Waals surface area contributed by atoms with Gasteiger partial charge in [-0.25, -0.2) is 0 Å². The van der Waals surface area contributed by atoms with Crippen LogP contribution in [-0.2, 0) is 0 Å². The van der Waals surface area contributed by atoms with Crippen molar-refractivity contribution < 1.29 is 0 Å². The Labute approximate surface area is 233 Å². The first-order valence-corrected chi connectivity index (χ1v) is 13.9. The Morgan fingerprint density at radius 1 is 0.350 bits per heavy atom. The molecule has 8 rings (SSSR count). The molecule has 0 atom stereocenters. The molecule has 0 aliphatic heterocycles. The van der Waals surface area contributed by atoms with Crippen molar-refractivity contribution in [3.8, 4) is 22.5 Å². The maximum absolute atomic E-state index is 2.40. The van der Waals surface area contributed by atoms with Gasteiger partial charge in [-0.05, 0) is 91.7 Å². The van der Waals surface area contributed by atoms with Crippen LogP contribution >= 0.6 is 0 Å². The van der Waals surface area contributed by atoms with Crippen molar-refractivity contribution in [1.82, 2.24) is 9.13 Å². The summed E-state index contributed by atoms with van der Waals surface area (Å²) in [6, 6.07) is 48.8. The van der Waals surface area contributed by atoms with Gasteiger partial charge in [0, 0.05) is 32.9 Å². The largest absolute Gasteiger partial charge is 0.309 e. The Hall–Kier alpha value is -5.08. The Kier molecular flexibility index (Phi) is 4.99. The summed E-state index contributed by atoms with van der Waals surface area (Å²) in [5.41, 5.74) is 12.3. The van der Waals surface area contributed by atoms with E-state index in [1.807, 2.05) is 0 Å². The van der Waals surface area contributed by atoms with Gasteiger partial charge in [-0.1, -0.05) is 77.9 Å². The topological polar surface area (TPSA) is 9.86 Å². The molecular formula is C38H28N2. The van der Waals surface area contributed by atoms with E-state index in [-0.39, 0.29) is 0 Å². The highest BCUT2D eigenvalue weighted by Gasteiger charge is 2.16. The number of fused-ring (bicyclic) bond motifs is 6. The van der Waals surface area contributed by atoms with Crippen LogP contribution in [0.3, 0.4) is 0 Å². The predicted octanol–water partition coefficient (Wildman–Crippen LogP) is 10.2. The van der Waals surface area contributed by atoms with Gasteiger partial charge in [0.25, 0.3) is 0 Å². The zero-order valence-corrected chi connectivity index (χ0v) is 22.6. The molecule has 8 aromatic rings. The average molecular weight is 513 g/mol. The first-order chi connectivity index (χ1) is 19.7. The first-order valence-electron chi connectivity index (χ1n) is 13.9. The molecule has 2 aromatic heterocycles. The van der Waals surface area contributed by atoms with E-state index in [1.54, 1.807) is 0 Å². The fourth-order valence-electron chi connectivity index (χ4n) is 6.34. The van der Waals surface area contributed by atoms with E-state index in [9.17, 15) is 0 Å². The molecular weight excluding hydrogens is 484 g/mol. The molecule has 0 unspecified atom stereocenters. The maximum atomic E-state index is 2.40. The van der Waals surface area contributed by atoms with E-state index >= 15 is 0 Å². The predicted molar refractivity (Wildman–Crippen MR) is 170 cm³/mol. The van der Waals surface area contributed by atoms with Gasteiger partial charge in [-0.3, -0.25) is 0 Å². The van der Waals surface area contributed by atoms with Gasteiger partial charge in [0.1, 0.15) is 0 Å². The third-order valence-corrected chi connectivity index (χ3v) is 8.20. The Morgan fingerprint density at radius 2 is 0.800 bits per heavy atom. The lowest BCUT2D eigenvalue weighted by atomic mass is 10.0. The zero-order chi connectivity index (χ0) is 26.8. The highest BCUT2D eigenvalue weighted by molar-refractivity contribution is 6.12. The third kappa shape index (κ3) is 3.43. The van der Waals surface area contributed by atoms with Crippen LogP contribution in [0.5, 0.6) is 0 Å². The lowest BCUT2D eigenvalue weighted by Gasteiger charge is -2.10. The molecule has 6 aromatic carbocycles. The molecule has 2 heteroatoms. The molecule has 2 nitrogen and oxygen atoms in total. The van der Waals surface area contributed by atoms with E-state index in [0.29, 0.717) is 0 Å². The summed E-state index contributed by atoms with van der Waals surface area (Å²) in [7, 11) is 0. The molecule has 0 saturated heterocycles. The van der Waals surface area contributed by atoms with Crippen LogP contribution in [0.25, 0.3) is 66.1 Å². The number of para-hydroxylation sites is 2. The van der Waals surface area contributed by atoms with Crippen LogP contribution in [0, 0.1) is 13.8 Å². The number of hydrogen-bond acceptors (Lipinski definition) is 0. The van der Waals surface area contributed by atoms with Gasteiger partial charge in [0.2, 0.25) is 0 Å². The summed E-state index contributed by atoms with van der Waals surface area (Å²) in [4.78, 5) is 0. The van der Waals surface area contributed by atoms with E-state index < -0.39 is 0 Å². The summed E-state index contributed by atoms with van der Waals surface area (Å²) in [5.74, 6) is 0. The monoisotopic (exact) mass is 512 g/mol. The number of aryl methyl sites for hydroxylation is 2. The van der Waals surface area contributed by atoms with Crippen molar-refractivity contribution in [3.05, 3.63) is 145 Å². The molecule has 0 amide bonds. The van der Waals surface area contributed by atoms with Crippen LogP contribution in [0.4, 0.5) is 0 Å². The Bertz CT molecular complexity index is 2210. The summed E-state index contributed by atoms with van der Waals surface area (Å²) < 4.78 is 4.78. The highest BCUT2D eigenvalue weighted by atomic mass is 15.0. The third-order valence-electron chi connectivity index (χ3n) is 8.20. The standard InChI is InChI=1S/C38H28N2/c1-25-13-18-35-32(21-25)31-17-15-28(24-38(31)40(35)30-11-7-4-8-12-30)27-16-20-37-34(23-27)33-22-26(2)14-19-36(33)39(37)29-9-5-3-6-10-29/h3-24H,1-2H3. The maximum Gasteiger partial charge on any atom is 0.0547 e. The fraction of sp³-hybridized carbons (Fsp3) is 0.0526. The lowest BCUT2D eigenvalue weighted by Crippen LogP contribution is -1.93. The highest BCUT2D eigenvalue weighted by Crippen LogP contribution is 2.38. The number of rotatable bonds is 3. The number of aromatic nitrogens is 2. The molecule has 2 heterocycles. The summed E-state index contributed by atoms with van der Waals surface area (Å²) in [5, 5.41) is 5.14. The van der Waals surface area contributed by atoms with Crippen molar-refractivity contribution >= 4 is 43.6 Å². The quantitative estimate of drug-likeness (QED) is 0.223. The second-order valence-electron chi connectivity index (χ2n) is 10.8. The second kappa shape index (κ2) is 8.72. The van der Waals surface area contributed by atoms with Gasteiger partial charge < -0.3 is 9.13 Å². The van der Waals surface area contributed by atoms with Gasteiger partial charge in [-0.2, -0.15) is 0 Å².